The number of rotatable bonds is 8. The van der Waals surface area contributed by atoms with Crippen LogP contribution in [-0.4, -0.2) is 60.0 Å². The summed E-state index contributed by atoms with van der Waals surface area (Å²) in [6.45, 7) is 6.70. The average molecular weight is 480 g/mol. The minimum Gasteiger partial charge on any atom is -0.492 e. The maximum Gasteiger partial charge on any atom is 0.259 e. The molecule has 9 heteroatoms. The average Bonchev–Trinajstić information content (AvgIpc) is 3.25. The van der Waals surface area contributed by atoms with E-state index in [4.69, 9.17) is 21.1 Å². The fourth-order valence-corrected chi connectivity index (χ4v) is 3.92. The van der Waals surface area contributed by atoms with Crippen LogP contribution < -0.4 is 10.1 Å². The Kier molecular flexibility index (Phi) is 7.80. The molecule has 1 fully saturated rings. The topological polar surface area (TPSA) is 92.4 Å². The van der Waals surface area contributed by atoms with Gasteiger partial charge in [-0.25, -0.2) is 4.68 Å². The first-order valence-corrected chi connectivity index (χ1v) is 11.5. The van der Waals surface area contributed by atoms with Crippen LogP contribution in [0.2, 0.25) is 5.02 Å². The summed E-state index contributed by atoms with van der Waals surface area (Å²) in [5.74, 6) is 0.204. The van der Waals surface area contributed by atoms with E-state index in [9.17, 15) is 10.1 Å². The SMILES string of the molecule is Cc1c(C(=O)Nc2ccc(OCCCN3CCOCC3)c(C#N)c2)cnn1-c1ccc(Cl)cc1. The van der Waals surface area contributed by atoms with Crippen molar-refractivity contribution in [3.8, 4) is 17.5 Å². The number of hydrogen-bond donors (Lipinski definition) is 1. The van der Waals surface area contributed by atoms with Gasteiger partial charge in [0.25, 0.3) is 5.91 Å². The summed E-state index contributed by atoms with van der Waals surface area (Å²) in [5, 5.41) is 17.4. The van der Waals surface area contributed by atoms with Crippen molar-refractivity contribution in [2.24, 2.45) is 0 Å². The molecular weight excluding hydrogens is 454 g/mol. The molecule has 0 spiro atoms. The van der Waals surface area contributed by atoms with Gasteiger partial charge in [-0.2, -0.15) is 10.4 Å². The minimum atomic E-state index is -0.305. The van der Waals surface area contributed by atoms with Gasteiger partial charge < -0.3 is 14.8 Å². The van der Waals surface area contributed by atoms with Crippen molar-refractivity contribution < 1.29 is 14.3 Å². The maximum absolute atomic E-state index is 12.9. The lowest BCUT2D eigenvalue weighted by molar-refractivity contribution is 0.0358. The number of carbonyl (C=O) groups is 1. The zero-order chi connectivity index (χ0) is 23.9. The van der Waals surface area contributed by atoms with Crippen LogP contribution in [0, 0.1) is 18.3 Å². The van der Waals surface area contributed by atoms with Gasteiger partial charge in [-0.15, -0.1) is 0 Å². The first kappa shape index (κ1) is 23.8. The summed E-state index contributed by atoms with van der Waals surface area (Å²) in [6, 6.07) is 14.4. The summed E-state index contributed by atoms with van der Waals surface area (Å²) >= 11 is 5.96. The number of anilines is 1. The number of morpholine rings is 1. The molecule has 1 aliphatic rings. The fraction of sp³-hybridized carbons (Fsp3) is 0.320. The highest BCUT2D eigenvalue weighted by Gasteiger charge is 2.16. The Hall–Kier alpha value is -3.38. The highest BCUT2D eigenvalue weighted by molar-refractivity contribution is 6.30. The predicted molar refractivity (Wildman–Crippen MR) is 130 cm³/mol. The molecule has 0 unspecified atom stereocenters. The van der Waals surface area contributed by atoms with E-state index in [1.807, 2.05) is 19.1 Å². The second kappa shape index (κ2) is 11.2. The predicted octanol–water partition coefficient (Wildman–Crippen LogP) is 4.06. The molecule has 0 atom stereocenters. The lowest BCUT2D eigenvalue weighted by Gasteiger charge is -2.26. The van der Waals surface area contributed by atoms with Gasteiger partial charge in [0.05, 0.1) is 48.5 Å². The van der Waals surface area contributed by atoms with Crippen molar-refractivity contribution in [1.82, 2.24) is 14.7 Å². The zero-order valence-corrected chi connectivity index (χ0v) is 19.7. The Balaban J connectivity index is 1.37. The molecular formula is C25H26ClN5O3. The molecule has 0 bridgehead atoms. The molecule has 1 aliphatic heterocycles. The largest absolute Gasteiger partial charge is 0.492 e. The van der Waals surface area contributed by atoms with Crippen LogP contribution in [0.1, 0.15) is 28.0 Å². The van der Waals surface area contributed by atoms with Crippen molar-refractivity contribution >= 4 is 23.2 Å². The van der Waals surface area contributed by atoms with Crippen LogP contribution in [-0.2, 0) is 4.74 Å². The van der Waals surface area contributed by atoms with Gasteiger partial charge in [0.15, 0.2) is 0 Å². The van der Waals surface area contributed by atoms with Gasteiger partial charge >= 0.3 is 0 Å². The number of carbonyl (C=O) groups excluding carboxylic acids is 1. The van der Waals surface area contributed by atoms with E-state index < -0.39 is 0 Å². The summed E-state index contributed by atoms with van der Waals surface area (Å²) < 4.78 is 12.9. The number of nitrogens with one attached hydrogen (secondary N) is 1. The Morgan fingerprint density at radius 1 is 1.24 bits per heavy atom. The molecule has 1 amide bonds. The summed E-state index contributed by atoms with van der Waals surface area (Å²) in [5.41, 5.74) is 2.83. The van der Waals surface area contributed by atoms with Gasteiger partial charge in [0.1, 0.15) is 11.8 Å². The number of aromatic nitrogens is 2. The first-order valence-electron chi connectivity index (χ1n) is 11.1. The van der Waals surface area contributed by atoms with Crippen LogP contribution in [0.3, 0.4) is 0 Å². The number of hydrogen-bond acceptors (Lipinski definition) is 6. The highest BCUT2D eigenvalue weighted by atomic mass is 35.5. The summed E-state index contributed by atoms with van der Waals surface area (Å²) in [4.78, 5) is 15.2. The van der Waals surface area contributed by atoms with Crippen LogP contribution in [0.15, 0.2) is 48.7 Å². The van der Waals surface area contributed by atoms with Gasteiger partial charge in [-0.05, 0) is 55.8 Å². The number of halogens is 1. The highest BCUT2D eigenvalue weighted by Crippen LogP contribution is 2.24. The quantitative estimate of drug-likeness (QED) is 0.490. The van der Waals surface area contributed by atoms with E-state index in [0.29, 0.717) is 39.9 Å². The Bertz CT molecular complexity index is 1180. The van der Waals surface area contributed by atoms with Crippen molar-refractivity contribution in [2.45, 2.75) is 13.3 Å². The molecule has 2 heterocycles. The Morgan fingerprint density at radius 3 is 2.74 bits per heavy atom. The van der Waals surface area contributed by atoms with Crippen molar-refractivity contribution in [2.75, 3.05) is 44.8 Å². The lowest BCUT2D eigenvalue weighted by Crippen LogP contribution is -2.37. The standard InChI is InChI=1S/C25H26ClN5O3/c1-18-23(17-28-31(18)22-6-3-20(26)4-7-22)25(32)29-21-5-8-24(19(15-21)16-27)34-12-2-9-30-10-13-33-14-11-30/h3-8,15,17H,2,9-14H2,1H3,(H,29,32). The molecule has 1 aromatic heterocycles. The monoisotopic (exact) mass is 479 g/mol. The normalized spacial score (nSPS) is 13.9. The van der Waals surface area contributed by atoms with Crippen molar-refractivity contribution in [3.63, 3.8) is 0 Å². The summed E-state index contributed by atoms with van der Waals surface area (Å²) in [6.07, 6.45) is 2.39. The third-order valence-electron chi connectivity index (χ3n) is 5.66. The van der Waals surface area contributed by atoms with E-state index in [0.717, 1.165) is 45.0 Å². The van der Waals surface area contributed by atoms with E-state index in [1.165, 1.54) is 6.20 Å². The van der Waals surface area contributed by atoms with E-state index in [1.54, 1.807) is 35.0 Å². The van der Waals surface area contributed by atoms with Crippen LogP contribution in [0.25, 0.3) is 5.69 Å². The molecule has 3 aromatic rings. The fourth-order valence-electron chi connectivity index (χ4n) is 3.79. The molecule has 8 nitrogen and oxygen atoms in total. The number of amides is 1. The van der Waals surface area contributed by atoms with Crippen LogP contribution in [0.5, 0.6) is 5.75 Å². The lowest BCUT2D eigenvalue weighted by atomic mass is 10.1. The Labute approximate surface area is 203 Å². The molecule has 0 radical (unpaired) electrons. The van der Waals surface area contributed by atoms with Crippen molar-refractivity contribution in [1.29, 1.82) is 5.26 Å². The molecule has 1 N–H and O–H groups in total. The molecule has 1 saturated heterocycles. The van der Waals surface area contributed by atoms with Gasteiger partial charge in [-0.3, -0.25) is 9.69 Å². The van der Waals surface area contributed by atoms with Gasteiger partial charge in [0.2, 0.25) is 0 Å². The molecule has 4 rings (SSSR count). The van der Waals surface area contributed by atoms with Crippen LogP contribution in [0.4, 0.5) is 5.69 Å². The van der Waals surface area contributed by atoms with Gasteiger partial charge in [0, 0.05) is 30.3 Å². The smallest absolute Gasteiger partial charge is 0.259 e. The molecule has 0 aliphatic carbocycles. The number of benzene rings is 2. The first-order chi connectivity index (χ1) is 16.5. The van der Waals surface area contributed by atoms with Crippen molar-refractivity contribution in [3.05, 3.63) is 70.5 Å². The van der Waals surface area contributed by atoms with E-state index >= 15 is 0 Å². The molecule has 0 saturated carbocycles. The third kappa shape index (κ3) is 5.75. The van der Waals surface area contributed by atoms with E-state index in [2.05, 4.69) is 21.4 Å². The number of nitriles is 1. The molecule has 2 aromatic carbocycles. The number of nitrogens with zero attached hydrogens (tertiary/aromatic N) is 4. The second-order valence-electron chi connectivity index (χ2n) is 7.96. The second-order valence-corrected chi connectivity index (χ2v) is 8.40. The molecule has 34 heavy (non-hydrogen) atoms. The van der Waals surface area contributed by atoms with Gasteiger partial charge in [-0.1, -0.05) is 11.6 Å². The molecule has 176 valence electrons. The maximum atomic E-state index is 12.9. The van der Waals surface area contributed by atoms with E-state index in [-0.39, 0.29) is 5.91 Å². The van der Waals surface area contributed by atoms with Crippen LogP contribution >= 0.6 is 11.6 Å². The third-order valence-corrected chi connectivity index (χ3v) is 5.92. The Morgan fingerprint density at radius 2 is 2.00 bits per heavy atom. The number of ether oxygens (including phenoxy) is 2. The zero-order valence-electron chi connectivity index (χ0n) is 19.0. The minimum absolute atomic E-state index is 0.305. The summed E-state index contributed by atoms with van der Waals surface area (Å²) in [7, 11) is 0.